The minimum Gasteiger partial charge on any atom is -0.463 e. The normalized spacial score (nSPS) is 48.9. The molecule has 0 spiro atoms. The highest BCUT2D eigenvalue weighted by molar-refractivity contribution is 9.10. The maximum absolute atomic E-state index is 13.8. The first-order valence-corrected chi connectivity index (χ1v) is 11.9. The van der Waals surface area contributed by atoms with E-state index in [4.69, 9.17) is 9.47 Å². The predicted molar refractivity (Wildman–Crippen MR) is 111 cm³/mol. The van der Waals surface area contributed by atoms with E-state index in [2.05, 4.69) is 29.8 Å². The number of carbonyl (C=O) groups excluding carboxylic acids is 3. The number of Topliss-reactive ketones (excluding diaryl/α,β-unsaturated/α-hetero) is 1. The third-order valence-corrected chi connectivity index (χ3v) is 10.9. The highest BCUT2D eigenvalue weighted by atomic mass is 79.9. The number of halogens is 1. The molecule has 162 valence electrons. The third kappa shape index (κ3) is 3.02. The molecule has 4 rings (SSSR count). The van der Waals surface area contributed by atoms with Crippen molar-refractivity contribution in [3.05, 3.63) is 0 Å². The summed E-state index contributed by atoms with van der Waals surface area (Å²) < 4.78 is 10.7. The lowest BCUT2D eigenvalue weighted by molar-refractivity contribution is -0.169. The number of ether oxygens (including phenoxy) is 2. The number of rotatable bonds is 2. The van der Waals surface area contributed by atoms with Gasteiger partial charge in [-0.3, -0.25) is 14.4 Å². The molecule has 6 unspecified atom stereocenters. The van der Waals surface area contributed by atoms with E-state index in [0.717, 1.165) is 44.9 Å². The molecule has 4 aliphatic carbocycles. The summed E-state index contributed by atoms with van der Waals surface area (Å²) in [5.41, 5.74) is -0.396. The molecule has 0 N–H and O–H groups in total. The van der Waals surface area contributed by atoms with Crippen LogP contribution in [0.15, 0.2) is 0 Å². The van der Waals surface area contributed by atoms with Crippen molar-refractivity contribution in [3.63, 3.8) is 0 Å². The summed E-state index contributed by atoms with van der Waals surface area (Å²) in [5.74, 6) is 0.828. The summed E-state index contributed by atoms with van der Waals surface area (Å²) in [5, 5.41) is 0. The van der Waals surface area contributed by atoms with Crippen LogP contribution in [-0.4, -0.2) is 34.3 Å². The summed E-state index contributed by atoms with van der Waals surface area (Å²) in [6.07, 6.45) is 6.75. The molecule has 0 radical (unpaired) electrons. The van der Waals surface area contributed by atoms with Crippen molar-refractivity contribution in [1.29, 1.82) is 0 Å². The average molecular weight is 469 g/mol. The van der Waals surface area contributed by atoms with E-state index >= 15 is 0 Å². The number of carbonyl (C=O) groups is 3. The topological polar surface area (TPSA) is 69.7 Å². The van der Waals surface area contributed by atoms with Crippen molar-refractivity contribution in [1.82, 2.24) is 0 Å². The zero-order valence-corrected chi connectivity index (χ0v) is 19.5. The second-order valence-electron chi connectivity index (χ2n) is 10.4. The first-order chi connectivity index (χ1) is 13.5. The molecule has 6 heteroatoms. The fraction of sp³-hybridized carbons (Fsp3) is 0.870. The molecule has 0 aromatic rings. The van der Waals surface area contributed by atoms with Crippen LogP contribution >= 0.6 is 15.9 Å². The highest BCUT2D eigenvalue weighted by Crippen LogP contribution is 2.70. The molecule has 4 saturated carbocycles. The Balaban J connectivity index is 1.63. The van der Waals surface area contributed by atoms with Crippen molar-refractivity contribution >= 4 is 33.7 Å². The standard InChI is InChI=1S/C23H33BrO5/c1-13(25)28-16-9-10-22(4)15(11-16)5-6-18-17-7-8-20(29-14(2)26)21(17,3)12-19(27)23(18,22)24/h15-18,20H,5-12H2,1-4H3/t15-,16?,17?,18?,20?,21?,22?,23-/m0/s1. The van der Waals surface area contributed by atoms with Gasteiger partial charge in [0.2, 0.25) is 0 Å². The molecule has 0 aromatic carbocycles. The van der Waals surface area contributed by atoms with E-state index in [0.29, 0.717) is 18.3 Å². The molecule has 8 atom stereocenters. The fourth-order valence-corrected chi connectivity index (χ4v) is 8.84. The first kappa shape index (κ1) is 21.3. The van der Waals surface area contributed by atoms with E-state index in [1.54, 1.807) is 0 Å². The zero-order chi connectivity index (χ0) is 21.2. The fourth-order valence-electron chi connectivity index (χ4n) is 7.63. The quantitative estimate of drug-likeness (QED) is 0.437. The van der Waals surface area contributed by atoms with Crippen LogP contribution in [0.3, 0.4) is 0 Å². The van der Waals surface area contributed by atoms with Gasteiger partial charge in [0.15, 0.2) is 5.78 Å². The Morgan fingerprint density at radius 3 is 2.28 bits per heavy atom. The van der Waals surface area contributed by atoms with Crippen molar-refractivity contribution < 1.29 is 23.9 Å². The number of esters is 2. The lowest BCUT2D eigenvalue weighted by Crippen LogP contribution is -2.67. The summed E-state index contributed by atoms with van der Waals surface area (Å²) in [6, 6.07) is 0. The van der Waals surface area contributed by atoms with Gasteiger partial charge < -0.3 is 9.47 Å². The summed E-state index contributed by atoms with van der Waals surface area (Å²) in [7, 11) is 0. The molecule has 0 heterocycles. The van der Waals surface area contributed by atoms with Crippen LogP contribution in [0.2, 0.25) is 0 Å². The van der Waals surface area contributed by atoms with Crippen LogP contribution in [0.5, 0.6) is 0 Å². The van der Waals surface area contributed by atoms with Gasteiger partial charge in [0.1, 0.15) is 12.2 Å². The minimum absolute atomic E-state index is 0.0259. The van der Waals surface area contributed by atoms with Crippen molar-refractivity contribution in [2.75, 3.05) is 0 Å². The van der Waals surface area contributed by atoms with Crippen LogP contribution in [0.4, 0.5) is 0 Å². The maximum atomic E-state index is 13.8. The summed E-state index contributed by atoms with van der Waals surface area (Å²) in [6.45, 7) is 7.38. The molecule has 5 nitrogen and oxygen atoms in total. The Morgan fingerprint density at radius 2 is 1.62 bits per heavy atom. The van der Waals surface area contributed by atoms with E-state index < -0.39 is 4.32 Å². The molecule has 0 amide bonds. The largest absolute Gasteiger partial charge is 0.463 e. The number of fused-ring (bicyclic) bond motifs is 5. The van der Waals surface area contributed by atoms with Gasteiger partial charge in [-0.05, 0) is 68.1 Å². The third-order valence-electron chi connectivity index (χ3n) is 9.00. The van der Waals surface area contributed by atoms with Crippen molar-refractivity contribution in [2.24, 2.45) is 28.6 Å². The first-order valence-electron chi connectivity index (χ1n) is 11.1. The Labute approximate surface area is 181 Å². The molecule has 4 fully saturated rings. The smallest absolute Gasteiger partial charge is 0.302 e. The molecular weight excluding hydrogens is 436 g/mol. The highest BCUT2D eigenvalue weighted by Gasteiger charge is 2.70. The van der Waals surface area contributed by atoms with Crippen molar-refractivity contribution in [2.45, 2.75) is 95.6 Å². The second-order valence-corrected chi connectivity index (χ2v) is 11.7. The van der Waals surface area contributed by atoms with Gasteiger partial charge >= 0.3 is 11.9 Å². The SMILES string of the molecule is CC(=O)OC1CCC2(C)[C@@H](CCC3C4CCC(OC(C)=O)C4(C)CC(=O)[C@@]32Br)C1. The lowest BCUT2D eigenvalue weighted by Gasteiger charge is -2.64. The van der Waals surface area contributed by atoms with Gasteiger partial charge in [-0.15, -0.1) is 0 Å². The van der Waals surface area contributed by atoms with E-state index in [1.165, 1.54) is 13.8 Å². The molecule has 0 aliphatic heterocycles. The molecule has 0 saturated heterocycles. The van der Waals surface area contributed by atoms with Gasteiger partial charge in [-0.25, -0.2) is 0 Å². The van der Waals surface area contributed by atoms with Gasteiger partial charge in [-0.1, -0.05) is 29.8 Å². The average Bonchev–Trinajstić information content (AvgIpc) is 2.92. The minimum atomic E-state index is -0.528. The van der Waals surface area contributed by atoms with Crippen LogP contribution in [-0.2, 0) is 23.9 Å². The molecule has 29 heavy (non-hydrogen) atoms. The van der Waals surface area contributed by atoms with Gasteiger partial charge in [-0.2, -0.15) is 0 Å². The molecular formula is C23H33BrO5. The maximum Gasteiger partial charge on any atom is 0.302 e. The molecule has 0 bridgehead atoms. The van der Waals surface area contributed by atoms with Gasteiger partial charge in [0.05, 0.1) is 4.32 Å². The predicted octanol–water partition coefficient (Wildman–Crippen LogP) is 4.59. The Morgan fingerprint density at radius 1 is 0.966 bits per heavy atom. The Hall–Kier alpha value is -0.910. The van der Waals surface area contributed by atoms with Gasteiger partial charge in [0, 0.05) is 25.7 Å². The van der Waals surface area contributed by atoms with Crippen LogP contribution in [0.25, 0.3) is 0 Å². The van der Waals surface area contributed by atoms with Gasteiger partial charge in [0.25, 0.3) is 0 Å². The summed E-state index contributed by atoms with van der Waals surface area (Å²) in [4.78, 5) is 36.9. The van der Waals surface area contributed by atoms with Crippen molar-refractivity contribution in [3.8, 4) is 0 Å². The Bertz CT molecular complexity index is 737. The van der Waals surface area contributed by atoms with Crippen LogP contribution in [0, 0.1) is 28.6 Å². The summed E-state index contributed by atoms with van der Waals surface area (Å²) >= 11 is 4.07. The van der Waals surface area contributed by atoms with E-state index in [9.17, 15) is 14.4 Å². The van der Waals surface area contributed by atoms with Crippen LogP contribution < -0.4 is 0 Å². The number of ketones is 1. The lowest BCUT2D eigenvalue weighted by atomic mass is 9.44. The van der Waals surface area contributed by atoms with E-state index in [-0.39, 0.29) is 46.7 Å². The molecule has 4 aliphatic rings. The Kier molecular flexibility index (Phi) is 5.20. The second kappa shape index (κ2) is 7.06. The number of hydrogen-bond donors (Lipinski definition) is 0. The molecule has 0 aromatic heterocycles. The monoisotopic (exact) mass is 468 g/mol. The number of hydrogen-bond acceptors (Lipinski definition) is 5. The van der Waals surface area contributed by atoms with Crippen LogP contribution in [0.1, 0.15) is 79.1 Å². The van der Waals surface area contributed by atoms with E-state index in [1.807, 2.05) is 0 Å². The number of alkyl halides is 1. The zero-order valence-electron chi connectivity index (χ0n) is 18.0.